The second kappa shape index (κ2) is 7.44. The minimum atomic E-state index is -3.75. The van der Waals surface area contributed by atoms with Crippen LogP contribution in [-0.2, 0) is 10.0 Å². The Kier molecular flexibility index (Phi) is 4.98. The summed E-state index contributed by atoms with van der Waals surface area (Å²) in [5, 5.41) is 2.26. The fraction of sp³-hybridized carbons (Fsp3) is 0.333. The predicted molar refractivity (Wildman–Crippen MR) is 109 cm³/mol. The van der Waals surface area contributed by atoms with Gasteiger partial charge in [0.25, 0.3) is 10.0 Å². The first-order valence-corrected chi connectivity index (χ1v) is 11.1. The number of ether oxygens (including phenoxy) is 2. The molecule has 0 saturated carbocycles. The number of thiophene rings is 1. The maximum Gasteiger partial charge on any atom is 0.272 e. The summed E-state index contributed by atoms with van der Waals surface area (Å²) < 4.78 is 39.2. The van der Waals surface area contributed by atoms with Crippen molar-refractivity contribution in [2.24, 2.45) is 0 Å². The molecule has 1 aliphatic rings. The third-order valence-corrected chi connectivity index (χ3v) is 7.31. The molecule has 4 rings (SSSR count). The third-order valence-electron chi connectivity index (χ3n) is 4.57. The van der Waals surface area contributed by atoms with E-state index in [1.165, 1.54) is 7.11 Å². The number of anilines is 2. The molecule has 10 heteroatoms. The number of rotatable bonds is 6. The average Bonchev–Trinajstić information content (AvgIpc) is 3.40. The van der Waals surface area contributed by atoms with Crippen molar-refractivity contribution in [1.29, 1.82) is 0 Å². The first-order chi connectivity index (χ1) is 13.5. The van der Waals surface area contributed by atoms with Crippen LogP contribution in [0.5, 0.6) is 11.5 Å². The number of hydrogen-bond donors (Lipinski definition) is 1. The number of methoxy groups -OCH3 is 2. The van der Waals surface area contributed by atoms with E-state index < -0.39 is 10.0 Å². The fourth-order valence-electron chi connectivity index (χ4n) is 3.17. The van der Waals surface area contributed by atoms with E-state index in [-0.39, 0.29) is 10.0 Å². The van der Waals surface area contributed by atoms with E-state index in [0.29, 0.717) is 28.4 Å². The molecule has 0 aliphatic carbocycles. The van der Waals surface area contributed by atoms with Crippen molar-refractivity contribution in [3.8, 4) is 11.5 Å². The van der Waals surface area contributed by atoms with E-state index in [1.807, 2.05) is 0 Å². The van der Waals surface area contributed by atoms with Crippen LogP contribution in [0.2, 0.25) is 0 Å². The summed E-state index contributed by atoms with van der Waals surface area (Å²) in [6.07, 6.45) is 2.12. The lowest BCUT2D eigenvalue weighted by atomic mass is 10.2. The average molecular weight is 421 g/mol. The molecule has 1 aliphatic heterocycles. The highest BCUT2D eigenvalue weighted by Gasteiger charge is 2.23. The number of aromatic nitrogens is 2. The van der Waals surface area contributed by atoms with Crippen LogP contribution in [0.3, 0.4) is 0 Å². The summed E-state index contributed by atoms with van der Waals surface area (Å²) in [6.45, 7) is 1.69. The molecule has 3 heterocycles. The van der Waals surface area contributed by atoms with Gasteiger partial charge in [-0.3, -0.25) is 4.72 Å². The number of sulfonamides is 1. The van der Waals surface area contributed by atoms with Crippen LogP contribution in [0.25, 0.3) is 10.9 Å². The molecule has 28 heavy (non-hydrogen) atoms. The third kappa shape index (κ3) is 3.45. The van der Waals surface area contributed by atoms with Gasteiger partial charge in [-0.15, -0.1) is 11.3 Å². The normalized spacial score (nSPS) is 14.4. The molecular weight excluding hydrogens is 400 g/mol. The molecule has 0 spiro atoms. The van der Waals surface area contributed by atoms with Gasteiger partial charge in [-0.1, -0.05) is 6.07 Å². The molecule has 0 amide bonds. The molecule has 8 nitrogen and oxygen atoms in total. The van der Waals surface area contributed by atoms with Gasteiger partial charge in [-0.25, -0.2) is 13.4 Å². The molecule has 148 valence electrons. The van der Waals surface area contributed by atoms with Gasteiger partial charge >= 0.3 is 0 Å². The van der Waals surface area contributed by atoms with Crippen LogP contribution in [0, 0.1) is 0 Å². The highest BCUT2D eigenvalue weighted by molar-refractivity contribution is 7.94. The maximum atomic E-state index is 12.8. The Morgan fingerprint density at radius 2 is 1.82 bits per heavy atom. The molecule has 0 bridgehead atoms. The lowest BCUT2D eigenvalue weighted by Crippen LogP contribution is -2.22. The number of benzene rings is 1. The topological polar surface area (TPSA) is 93.6 Å². The zero-order valence-electron chi connectivity index (χ0n) is 15.5. The molecule has 1 aromatic carbocycles. The van der Waals surface area contributed by atoms with Gasteiger partial charge in [0.05, 0.1) is 19.7 Å². The second-order valence-corrected chi connectivity index (χ2v) is 9.19. The van der Waals surface area contributed by atoms with E-state index in [1.54, 1.807) is 36.8 Å². The molecule has 1 fully saturated rings. The Bertz CT molecular complexity index is 1090. The predicted octanol–water partition coefficient (Wildman–Crippen LogP) is 3.11. The molecule has 2 aromatic heterocycles. The Hall–Kier alpha value is -2.59. The largest absolute Gasteiger partial charge is 0.493 e. The fourth-order valence-corrected chi connectivity index (χ4v) is 5.19. The van der Waals surface area contributed by atoms with Gasteiger partial charge in [0, 0.05) is 24.5 Å². The van der Waals surface area contributed by atoms with Crippen molar-refractivity contribution >= 4 is 44.0 Å². The highest BCUT2D eigenvalue weighted by Crippen LogP contribution is 2.36. The Labute approximate surface area is 167 Å². The summed E-state index contributed by atoms with van der Waals surface area (Å²) >= 11 is 1.15. The van der Waals surface area contributed by atoms with Crippen LogP contribution in [0.15, 0.2) is 33.9 Å². The molecule has 3 aromatic rings. The van der Waals surface area contributed by atoms with Crippen molar-refractivity contribution in [2.45, 2.75) is 17.1 Å². The van der Waals surface area contributed by atoms with E-state index in [4.69, 9.17) is 9.47 Å². The molecule has 0 unspecified atom stereocenters. The zero-order chi connectivity index (χ0) is 19.7. The van der Waals surface area contributed by atoms with E-state index in [2.05, 4.69) is 19.6 Å². The zero-order valence-corrected chi connectivity index (χ0v) is 17.1. The maximum absolute atomic E-state index is 12.8. The Morgan fingerprint density at radius 3 is 2.46 bits per heavy atom. The molecule has 1 N–H and O–H groups in total. The lowest BCUT2D eigenvalue weighted by molar-refractivity contribution is 0.356. The van der Waals surface area contributed by atoms with Crippen LogP contribution in [-0.4, -0.2) is 45.7 Å². The van der Waals surface area contributed by atoms with Gasteiger partial charge in [0.15, 0.2) is 17.3 Å². The quantitative estimate of drug-likeness (QED) is 0.655. The minimum Gasteiger partial charge on any atom is -0.493 e. The summed E-state index contributed by atoms with van der Waals surface area (Å²) in [6, 6.07) is 6.68. The van der Waals surface area contributed by atoms with Gasteiger partial charge in [0.1, 0.15) is 4.21 Å². The van der Waals surface area contributed by atoms with E-state index >= 15 is 0 Å². The van der Waals surface area contributed by atoms with Gasteiger partial charge < -0.3 is 14.4 Å². The summed E-state index contributed by atoms with van der Waals surface area (Å²) in [5.41, 5.74) is 0.582. The highest BCUT2D eigenvalue weighted by atomic mass is 32.2. The molecule has 0 atom stereocenters. The smallest absolute Gasteiger partial charge is 0.272 e. The van der Waals surface area contributed by atoms with Crippen LogP contribution in [0.1, 0.15) is 12.8 Å². The van der Waals surface area contributed by atoms with Crippen molar-refractivity contribution in [1.82, 2.24) is 9.97 Å². The van der Waals surface area contributed by atoms with Crippen LogP contribution >= 0.6 is 11.3 Å². The van der Waals surface area contributed by atoms with E-state index in [9.17, 15) is 8.42 Å². The van der Waals surface area contributed by atoms with E-state index in [0.717, 1.165) is 37.3 Å². The summed E-state index contributed by atoms with van der Waals surface area (Å²) in [7, 11) is -0.675. The Balaban J connectivity index is 1.88. The number of nitrogens with one attached hydrogen (secondary N) is 1. The molecule has 0 radical (unpaired) electrons. The number of fused-ring (bicyclic) bond motifs is 1. The summed E-state index contributed by atoms with van der Waals surface area (Å²) in [4.78, 5) is 11.2. The lowest BCUT2D eigenvalue weighted by Gasteiger charge is -2.18. The molecular formula is C18H20N4O4S2. The van der Waals surface area contributed by atoms with Gasteiger partial charge in [-0.05, 0) is 30.4 Å². The monoisotopic (exact) mass is 420 g/mol. The first kappa shape index (κ1) is 18.8. The van der Waals surface area contributed by atoms with Crippen LogP contribution in [0.4, 0.5) is 11.8 Å². The van der Waals surface area contributed by atoms with Crippen LogP contribution < -0.4 is 19.1 Å². The summed E-state index contributed by atoms with van der Waals surface area (Å²) in [5.74, 6) is 1.72. The SMILES string of the molecule is COc1cc2nc(N3CCCC3)nc(NS(=O)(=O)c3cccs3)c2cc1OC. The van der Waals surface area contributed by atoms with Gasteiger partial charge in [-0.2, -0.15) is 4.98 Å². The first-order valence-electron chi connectivity index (χ1n) is 8.77. The molecule has 1 saturated heterocycles. The van der Waals surface area contributed by atoms with Crippen molar-refractivity contribution in [3.63, 3.8) is 0 Å². The van der Waals surface area contributed by atoms with Crippen molar-refractivity contribution in [2.75, 3.05) is 36.9 Å². The number of hydrogen-bond acceptors (Lipinski definition) is 8. The Morgan fingerprint density at radius 1 is 1.11 bits per heavy atom. The number of nitrogens with zero attached hydrogens (tertiary/aromatic N) is 3. The van der Waals surface area contributed by atoms with Crippen molar-refractivity contribution < 1.29 is 17.9 Å². The second-order valence-electron chi connectivity index (χ2n) is 6.33. The minimum absolute atomic E-state index is 0.223. The van der Waals surface area contributed by atoms with Crippen molar-refractivity contribution in [3.05, 3.63) is 29.6 Å². The standard InChI is InChI=1S/C18H20N4O4S2/c1-25-14-10-12-13(11-15(14)26-2)19-18(22-7-3-4-8-22)20-17(12)21-28(23,24)16-6-5-9-27-16/h5-6,9-11H,3-4,7-8H2,1-2H3,(H,19,20,21). The van der Waals surface area contributed by atoms with Gasteiger partial charge in [0.2, 0.25) is 5.95 Å².